The Balaban J connectivity index is 1.16. The summed E-state index contributed by atoms with van der Waals surface area (Å²) >= 11 is 0. The number of aromatic nitrogens is 1. The van der Waals surface area contributed by atoms with E-state index < -0.39 is 0 Å². The first-order chi connectivity index (χ1) is 15.7. The van der Waals surface area contributed by atoms with Crippen molar-refractivity contribution in [2.75, 3.05) is 51.8 Å². The van der Waals surface area contributed by atoms with E-state index >= 15 is 0 Å². The van der Waals surface area contributed by atoms with Gasteiger partial charge in [-0.1, -0.05) is 0 Å². The van der Waals surface area contributed by atoms with Gasteiger partial charge in [-0.25, -0.2) is 0 Å². The number of aryl methyl sites for hydroxylation is 1. The number of hydrogen-bond acceptors (Lipinski definition) is 6. The third-order valence-corrected chi connectivity index (χ3v) is 7.80. The fraction of sp³-hybridized carbons (Fsp3) is 0.654. The second-order valence-electron chi connectivity index (χ2n) is 10.1. The Kier molecular flexibility index (Phi) is 5.38. The van der Waals surface area contributed by atoms with Crippen LogP contribution in [0.4, 0.5) is 5.69 Å². The van der Waals surface area contributed by atoms with Gasteiger partial charge in [0.1, 0.15) is 0 Å². The van der Waals surface area contributed by atoms with Crippen molar-refractivity contribution in [3.05, 3.63) is 23.4 Å². The van der Waals surface area contributed by atoms with Crippen LogP contribution in [0.15, 0.2) is 12.1 Å². The van der Waals surface area contributed by atoms with Crippen LogP contribution in [0.25, 0.3) is 10.9 Å². The van der Waals surface area contributed by atoms with Crippen molar-refractivity contribution in [3.8, 4) is 11.5 Å². The molecule has 2 saturated heterocycles. The van der Waals surface area contributed by atoms with Crippen molar-refractivity contribution in [2.45, 2.75) is 57.0 Å². The molecule has 1 aromatic carbocycles. The third-order valence-electron chi connectivity index (χ3n) is 7.80. The highest BCUT2D eigenvalue weighted by atomic mass is 16.5. The lowest BCUT2D eigenvalue weighted by atomic mass is 9.94. The molecule has 2 aliphatic carbocycles. The first-order valence-corrected chi connectivity index (χ1v) is 12.5. The zero-order chi connectivity index (χ0) is 21.5. The summed E-state index contributed by atoms with van der Waals surface area (Å²) in [5.41, 5.74) is 5.14. The van der Waals surface area contributed by atoms with Crippen molar-refractivity contribution in [2.24, 2.45) is 5.92 Å². The van der Waals surface area contributed by atoms with Crippen molar-refractivity contribution >= 4 is 16.6 Å². The summed E-state index contributed by atoms with van der Waals surface area (Å²) in [5, 5.41) is 4.93. The van der Waals surface area contributed by atoms with Gasteiger partial charge < -0.3 is 24.4 Å². The molecular weight excluding hydrogens is 402 g/mol. The zero-order valence-corrected chi connectivity index (χ0v) is 19.3. The van der Waals surface area contributed by atoms with Gasteiger partial charge in [-0.2, -0.15) is 0 Å². The topological polar surface area (TPSA) is 55.8 Å². The Labute approximate surface area is 190 Å². The summed E-state index contributed by atoms with van der Waals surface area (Å²) in [7, 11) is 1.73. The Morgan fingerprint density at radius 2 is 2.12 bits per heavy atom. The molecule has 0 amide bonds. The summed E-state index contributed by atoms with van der Waals surface area (Å²) in [5.74, 6) is 2.44. The number of nitrogens with one attached hydrogen (secondary N) is 1. The molecule has 4 aliphatic rings. The van der Waals surface area contributed by atoms with Crippen LogP contribution in [0, 0.1) is 5.92 Å². The predicted octanol–water partition coefficient (Wildman–Crippen LogP) is 4.19. The van der Waals surface area contributed by atoms with Gasteiger partial charge in [0.25, 0.3) is 0 Å². The fourth-order valence-electron chi connectivity index (χ4n) is 5.61. The Morgan fingerprint density at radius 3 is 2.88 bits per heavy atom. The van der Waals surface area contributed by atoms with Crippen molar-refractivity contribution in [1.82, 2.24) is 9.88 Å². The number of anilines is 1. The average Bonchev–Trinajstić information content (AvgIpc) is 3.30. The number of ether oxygens (including phenoxy) is 3. The fourth-order valence-corrected chi connectivity index (χ4v) is 5.61. The second kappa shape index (κ2) is 8.38. The van der Waals surface area contributed by atoms with Crippen LogP contribution >= 0.6 is 0 Å². The molecule has 2 aromatic rings. The van der Waals surface area contributed by atoms with E-state index in [-0.39, 0.29) is 5.60 Å². The highest BCUT2D eigenvalue weighted by Crippen LogP contribution is 2.41. The number of likely N-dealkylation sites (tertiary alicyclic amines) is 1. The van der Waals surface area contributed by atoms with Crippen LogP contribution in [0.2, 0.25) is 0 Å². The minimum absolute atomic E-state index is 0.180. The molecule has 3 fully saturated rings. The van der Waals surface area contributed by atoms with Crippen molar-refractivity contribution < 1.29 is 14.2 Å². The number of pyridine rings is 1. The molecule has 1 unspecified atom stereocenters. The quantitative estimate of drug-likeness (QED) is 0.594. The van der Waals surface area contributed by atoms with E-state index in [0.717, 1.165) is 75.0 Å². The Bertz CT molecular complexity index is 1000. The van der Waals surface area contributed by atoms with Gasteiger partial charge >= 0.3 is 0 Å². The summed E-state index contributed by atoms with van der Waals surface area (Å²) in [6.07, 6.45) is 9.50. The maximum atomic E-state index is 6.21. The maximum absolute atomic E-state index is 6.21. The molecule has 1 saturated carbocycles. The second-order valence-corrected chi connectivity index (χ2v) is 10.1. The minimum Gasteiger partial charge on any atom is -0.493 e. The molecule has 172 valence electrons. The lowest BCUT2D eigenvalue weighted by Gasteiger charge is -2.38. The molecule has 0 radical (unpaired) electrons. The number of hydrogen-bond donors (Lipinski definition) is 1. The smallest absolute Gasteiger partial charge is 0.163 e. The largest absolute Gasteiger partial charge is 0.493 e. The molecule has 1 atom stereocenters. The maximum Gasteiger partial charge on any atom is 0.163 e. The predicted molar refractivity (Wildman–Crippen MR) is 126 cm³/mol. The molecular formula is C26H35N3O3. The van der Waals surface area contributed by atoms with Crippen LogP contribution in [0.5, 0.6) is 11.5 Å². The minimum atomic E-state index is 0.180. The lowest BCUT2D eigenvalue weighted by molar-refractivity contribution is -0.137. The molecule has 6 rings (SSSR count). The standard InChI is InChI=1S/C26H35N3O3/c1-30-23-14-20-22(28-21-5-2-4-19(21)25(20)27-16-18-6-7-18)15-24(23)31-12-3-10-29-11-8-26(17-29)9-13-32-26/h14-15,18H,2-13,16-17H2,1H3,(H,27,28). The normalized spacial score (nSPS) is 24.7. The van der Waals surface area contributed by atoms with Gasteiger partial charge in [-0.05, 0) is 62.5 Å². The molecule has 2 aliphatic heterocycles. The molecule has 32 heavy (non-hydrogen) atoms. The van der Waals surface area contributed by atoms with E-state index in [0.29, 0.717) is 6.61 Å². The van der Waals surface area contributed by atoms with Gasteiger partial charge in [0.05, 0.1) is 31.4 Å². The number of fused-ring (bicyclic) bond motifs is 2. The summed E-state index contributed by atoms with van der Waals surface area (Å²) < 4.78 is 17.8. The molecule has 1 spiro atoms. The van der Waals surface area contributed by atoms with E-state index in [1.165, 1.54) is 54.4 Å². The van der Waals surface area contributed by atoms with Crippen LogP contribution in [0.1, 0.15) is 49.8 Å². The van der Waals surface area contributed by atoms with E-state index in [1.807, 2.05) is 0 Å². The highest BCUT2D eigenvalue weighted by Gasteiger charge is 2.43. The summed E-state index contributed by atoms with van der Waals surface area (Å²) in [4.78, 5) is 7.54. The Hall–Kier alpha value is -2.05. The summed E-state index contributed by atoms with van der Waals surface area (Å²) in [6.45, 7) is 5.97. The first-order valence-electron chi connectivity index (χ1n) is 12.5. The zero-order valence-electron chi connectivity index (χ0n) is 19.3. The van der Waals surface area contributed by atoms with Gasteiger partial charge in [0, 0.05) is 55.4 Å². The first kappa shape index (κ1) is 20.5. The van der Waals surface area contributed by atoms with Crippen molar-refractivity contribution in [3.63, 3.8) is 0 Å². The third kappa shape index (κ3) is 3.92. The lowest BCUT2D eigenvalue weighted by Crippen LogP contribution is -2.46. The Morgan fingerprint density at radius 1 is 1.22 bits per heavy atom. The van der Waals surface area contributed by atoms with E-state index in [4.69, 9.17) is 19.2 Å². The number of benzene rings is 1. The molecule has 1 aromatic heterocycles. The SMILES string of the molecule is COc1cc2c(NCC3CC3)c3c(nc2cc1OCCCN1CCC2(CCO2)C1)CCC3. The molecule has 0 bridgehead atoms. The van der Waals surface area contributed by atoms with Crippen LogP contribution in [0.3, 0.4) is 0 Å². The number of methoxy groups -OCH3 is 1. The molecule has 6 heteroatoms. The van der Waals surface area contributed by atoms with Crippen molar-refractivity contribution in [1.29, 1.82) is 0 Å². The van der Waals surface area contributed by atoms with Crippen LogP contribution in [-0.2, 0) is 17.6 Å². The molecule has 3 heterocycles. The van der Waals surface area contributed by atoms with Crippen LogP contribution in [-0.4, -0.2) is 62.0 Å². The van der Waals surface area contributed by atoms with Gasteiger partial charge in [-0.15, -0.1) is 0 Å². The molecule has 1 N–H and O–H groups in total. The van der Waals surface area contributed by atoms with Gasteiger partial charge in [0.15, 0.2) is 11.5 Å². The molecule has 6 nitrogen and oxygen atoms in total. The van der Waals surface area contributed by atoms with Crippen LogP contribution < -0.4 is 14.8 Å². The van der Waals surface area contributed by atoms with Gasteiger partial charge in [0.2, 0.25) is 0 Å². The number of rotatable bonds is 9. The monoisotopic (exact) mass is 437 g/mol. The van der Waals surface area contributed by atoms with E-state index in [2.05, 4.69) is 22.3 Å². The van der Waals surface area contributed by atoms with E-state index in [1.54, 1.807) is 7.11 Å². The van der Waals surface area contributed by atoms with Gasteiger partial charge in [-0.3, -0.25) is 4.98 Å². The highest BCUT2D eigenvalue weighted by molar-refractivity contribution is 5.96. The summed E-state index contributed by atoms with van der Waals surface area (Å²) in [6, 6.07) is 4.21. The average molecular weight is 438 g/mol. The van der Waals surface area contributed by atoms with E-state index in [9.17, 15) is 0 Å². The number of nitrogens with zero attached hydrogens (tertiary/aromatic N) is 2.